The van der Waals surface area contributed by atoms with Gasteiger partial charge in [0, 0.05) is 0 Å². The molecule has 4 saturated heterocycles. The van der Waals surface area contributed by atoms with Crippen LogP contribution in [0.4, 0.5) is 0 Å². The molecular formula is C45H62O11Si. The molecule has 0 amide bonds. The van der Waals surface area contributed by atoms with Gasteiger partial charge in [-0.2, -0.15) is 0 Å². The first-order valence-corrected chi connectivity index (χ1v) is 23.2. The van der Waals surface area contributed by atoms with Crippen LogP contribution in [-0.4, -0.2) is 94.5 Å². The SMILES string of the molecule is CC1(C)O[C@H]2[C@@H](O1)[C@@H](CO[C@H]1O[C@H](CO[Si](C)(C)C(C)(C)C)[C@@H](OCc3ccccc3)[C@H](OCc3ccccc3)[C@H]1OCc1ccccc1)O[C@@H]1OC(C)(C)O[C@@H]12. The smallest absolute Gasteiger partial charge is 0.192 e. The van der Waals surface area contributed by atoms with Crippen molar-refractivity contribution >= 4 is 8.32 Å². The zero-order valence-electron chi connectivity index (χ0n) is 35.0. The molecule has 0 radical (unpaired) electrons. The van der Waals surface area contributed by atoms with Gasteiger partial charge in [0.2, 0.25) is 0 Å². The van der Waals surface area contributed by atoms with Crippen molar-refractivity contribution in [1.29, 1.82) is 0 Å². The van der Waals surface area contributed by atoms with Crippen LogP contribution in [0.3, 0.4) is 0 Å². The van der Waals surface area contributed by atoms with Gasteiger partial charge < -0.3 is 51.8 Å². The maximum absolute atomic E-state index is 7.00. The molecule has 12 heteroatoms. The molecule has 0 saturated carbocycles. The van der Waals surface area contributed by atoms with Crippen LogP contribution >= 0.6 is 0 Å². The Morgan fingerprint density at radius 1 is 0.526 bits per heavy atom. The van der Waals surface area contributed by atoms with Crippen LogP contribution < -0.4 is 0 Å². The van der Waals surface area contributed by atoms with E-state index in [4.69, 9.17) is 51.8 Å². The van der Waals surface area contributed by atoms with Crippen molar-refractivity contribution in [2.75, 3.05) is 13.2 Å². The average molecular weight is 807 g/mol. The van der Waals surface area contributed by atoms with Gasteiger partial charge in [-0.05, 0) is 62.5 Å². The molecule has 4 aliphatic heterocycles. The predicted molar refractivity (Wildman–Crippen MR) is 215 cm³/mol. The molecule has 0 spiro atoms. The van der Waals surface area contributed by atoms with E-state index in [1.54, 1.807) is 0 Å². The third-order valence-corrected chi connectivity index (χ3v) is 16.0. The van der Waals surface area contributed by atoms with Crippen LogP contribution in [0.5, 0.6) is 0 Å². The highest BCUT2D eigenvalue weighted by atomic mass is 28.4. The van der Waals surface area contributed by atoms with Crippen molar-refractivity contribution in [3.8, 4) is 0 Å². The number of fused-ring (bicyclic) bond motifs is 3. The maximum atomic E-state index is 7.00. The van der Waals surface area contributed by atoms with E-state index in [9.17, 15) is 0 Å². The van der Waals surface area contributed by atoms with E-state index < -0.39 is 81.3 Å². The molecule has 0 aliphatic carbocycles. The Morgan fingerprint density at radius 3 is 1.54 bits per heavy atom. The largest absolute Gasteiger partial charge is 0.414 e. The fourth-order valence-corrected chi connectivity index (χ4v) is 8.55. The Hall–Kier alpha value is -2.56. The molecular weight excluding hydrogens is 745 g/mol. The van der Waals surface area contributed by atoms with Gasteiger partial charge in [0.25, 0.3) is 0 Å². The van der Waals surface area contributed by atoms with Crippen LogP contribution in [0.15, 0.2) is 91.0 Å². The van der Waals surface area contributed by atoms with Crippen LogP contribution in [0.2, 0.25) is 18.1 Å². The number of benzene rings is 3. The third kappa shape index (κ3) is 10.4. The van der Waals surface area contributed by atoms with Gasteiger partial charge >= 0.3 is 0 Å². The summed E-state index contributed by atoms with van der Waals surface area (Å²) in [5.41, 5.74) is 3.07. The number of hydrogen-bond acceptors (Lipinski definition) is 11. The standard InChI is InChI=1S/C45H62O11Si/c1-43(2,3)57(8,9)50-29-34-35(46-25-30-19-13-10-14-20-30)37(47-26-31-21-15-11-16-22-31)39(48-27-32-23-17-12-18-24-32)41(51-34)49-28-33-36-38(54-44(4,5)53-36)40-42(52-33)56-45(6,7)55-40/h10-24,33-42H,25-29H2,1-9H3/t33-,34-,35-,36+,37+,38+,39-,40-,41+,42-/m1/s1. The van der Waals surface area contributed by atoms with E-state index in [1.807, 2.05) is 94.4 Å². The van der Waals surface area contributed by atoms with Crippen molar-refractivity contribution in [2.24, 2.45) is 0 Å². The van der Waals surface area contributed by atoms with E-state index in [0.29, 0.717) is 19.8 Å². The Bertz CT molecular complexity index is 1700. The average Bonchev–Trinajstić information content (AvgIpc) is 3.68. The number of rotatable bonds is 15. The summed E-state index contributed by atoms with van der Waals surface area (Å²) in [5.74, 6) is -1.69. The highest BCUT2D eigenvalue weighted by molar-refractivity contribution is 6.74. The Morgan fingerprint density at radius 2 is 1.00 bits per heavy atom. The van der Waals surface area contributed by atoms with E-state index in [-0.39, 0.29) is 18.3 Å². The summed E-state index contributed by atoms with van der Waals surface area (Å²) in [6.07, 6.45) is -5.94. The van der Waals surface area contributed by atoms with Crippen LogP contribution in [0, 0.1) is 0 Å². The first kappa shape index (κ1) is 42.6. The van der Waals surface area contributed by atoms with Gasteiger partial charge in [0.1, 0.15) is 48.8 Å². The zero-order chi connectivity index (χ0) is 40.4. The third-order valence-electron chi connectivity index (χ3n) is 11.5. The van der Waals surface area contributed by atoms with E-state index >= 15 is 0 Å². The molecule has 3 aromatic rings. The lowest BCUT2D eigenvalue weighted by molar-refractivity contribution is -0.335. The first-order chi connectivity index (χ1) is 27.1. The molecule has 0 N–H and O–H groups in total. The molecule has 11 nitrogen and oxygen atoms in total. The molecule has 57 heavy (non-hydrogen) atoms. The van der Waals surface area contributed by atoms with Crippen molar-refractivity contribution in [3.63, 3.8) is 0 Å². The summed E-state index contributed by atoms with van der Waals surface area (Å²) in [6.45, 7) is 20.1. The van der Waals surface area contributed by atoms with Crippen molar-refractivity contribution in [1.82, 2.24) is 0 Å². The minimum Gasteiger partial charge on any atom is -0.414 e. The van der Waals surface area contributed by atoms with Gasteiger partial charge in [0.15, 0.2) is 32.5 Å². The van der Waals surface area contributed by atoms with Gasteiger partial charge in [-0.25, -0.2) is 0 Å². The Balaban J connectivity index is 1.21. The molecule has 4 fully saturated rings. The molecule has 3 aromatic carbocycles. The Kier molecular flexibility index (Phi) is 13.1. The highest BCUT2D eigenvalue weighted by Gasteiger charge is 2.61. The molecule has 7 rings (SSSR count). The lowest BCUT2D eigenvalue weighted by Gasteiger charge is -2.47. The number of hydrogen-bond donors (Lipinski definition) is 0. The van der Waals surface area contributed by atoms with Crippen molar-refractivity contribution < 1.29 is 51.8 Å². The molecule has 10 atom stereocenters. The van der Waals surface area contributed by atoms with Crippen LogP contribution in [0.25, 0.3) is 0 Å². The summed E-state index contributed by atoms with van der Waals surface area (Å²) in [5, 5.41) is -0.0209. The van der Waals surface area contributed by atoms with Crippen LogP contribution in [0.1, 0.15) is 65.2 Å². The summed E-state index contributed by atoms with van der Waals surface area (Å²) in [6, 6.07) is 30.3. The van der Waals surface area contributed by atoms with E-state index in [2.05, 4.69) is 58.1 Å². The monoisotopic (exact) mass is 806 g/mol. The molecule has 312 valence electrons. The minimum absolute atomic E-state index is 0.0209. The summed E-state index contributed by atoms with van der Waals surface area (Å²) in [4.78, 5) is 0. The fourth-order valence-electron chi connectivity index (χ4n) is 7.54. The van der Waals surface area contributed by atoms with E-state index in [0.717, 1.165) is 16.7 Å². The van der Waals surface area contributed by atoms with Crippen molar-refractivity contribution in [2.45, 2.75) is 159 Å². The second-order valence-corrected chi connectivity index (χ2v) is 22.7. The molecule has 0 bridgehead atoms. The Labute approximate surface area is 339 Å². The molecule has 4 aliphatic rings. The molecule has 0 aromatic heterocycles. The molecule has 0 unspecified atom stereocenters. The van der Waals surface area contributed by atoms with Gasteiger partial charge in [-0.15, -0.1) is 0 Å². The topological polar surface area (TPSA) is 102 Å². The van der Waals surface area contributed by atoms with Crippen LogP contribution in [-0.2, 0) is 71.6 Å². The van der Waals surface area contributed by atoms with E-state index in [1.165, 1.54) is 0 Å². The minimum atomic E-state index is -2.22. The lowest BCUT2D eigenvalue weighted by Crippen LogP contribution is -2.63. The first-order valence-electron chi connectivity index (χ1n) is 20.3. The van der Waals surface area contributed by atoms with Crippen molar-refractivity contribution in [3.05, 3.63) is 108 Å². The quantitative estimate of drug-likeness (QED) is 0.140. The maximum Gasteiger partial charge on any atom is 0.192 e. The van der Waals surface area contributed by atoms with Gasteiger partial charge in [0.05, 0.1) is 33.0 Å². The molecule has 4 heterocycles. The van der Waals surface area contributed by atoms with Gasteiger partial charge in [-0.1, -0.05) is 112 Å². The lowest BCUT2D eigenvalue weighted by atomic mass is 9.97. The second-order valence-electron chi connectivity index (χ2n) is 17.9. The number of ether oxygens (including phenoxy) is 10. The zero-order valence-corrected chi connectivity index (χ0v) is 36.0. The summed E-state index contributed by atoms with van der Waals surface area (Å²) >= 11 is 0. The van der Waals surface area contributed by atoms with Gasteiger partial charge in [-0.3, -0.25) is 0 Å². The fraction of sp³-hybridized carbons (Fsp3) is 0.600. The highest BCUT2D eigenvalue weighted by Crippen LogP contribution is 2.45. The normalized spacial score (nSPS) is 32.2. The second kappa shape index (κ2) is 17.6. The summed E-state index contributed by atoms with van der Waals surface area (Å²) in [7, 11) is -2.22. The summed E-state index contributed by atoms with van der Waals surface area (Å²) < 4.78 is 73.2. The predicted octanol–water partition coefficient (Wildman–Crippen LogP) is 7.90.